The number of nitrogens with one attached hydrogen (secondary N) is 1. The monoisotopic (exact) mass is 274 g/mol. The molecule has 0 atom stereocenters. The third-order valence-electron chi connectivity index (χ3n) is 1.53. The fourth-order valence-corrected chi connectivity index (χ4v) is 2.40. The van der Waals surface area contributed by atoms with Gasteiger partial charge in [-0.3, -0.25) is 0 Å². The number of hydrogen-bond donors (Lipinski definition) is 2. The maximum atomic E-state index is 11.9. The van der Waals surface area contributed by atoms with Crippen LogP contribution in [0, 0.1) is 0 Å². The van der Waals surface area contributed by atoms with Crippen molar-refractivity contribution in [2.24, 2.45) is 0 Å². The third-order valence-corrected chi connectivity index (χ3v) is 3.49. The number of sulfonamides is 1. The van der Waals surface area contributed by atoms with E-state index in [4.69, 9.17) is 17.3 Å². The maximum absolute atomic E-state index is 11.9. The van der Waals surface area contributed by atoms with Gasteiger partial charge in [-0.15, -0.1) is 4.72 Å². The molecule has 0 radical (unpaired) electrons. The molecule has 0 heterocycles. The summed E-state index contributed by atoms with van der Waals surface area (Å²) in [6, 6.07) is 3.38. The van der Waals surface area contributed by atoms with Gasteiger partial charge in [-0.05, 0) is 12.1 Å². The highest BCUT2D eigenvalue weighted by atomic mass is 35.5. The topological polar surface area (TPSA) is 72.2 Å². The molecule has 9 heteroatoms. The van der Waals surface area contributed by atoms with Crippen molar-refractivity contribution in [2.75, 3.05) is 5.73 Å². The van der Waals surface area contributed by atoms with Gasteiger partial charge >= 0.3 is 6.30 Å². The van der Waals surface area contributed by atoms with E-state index in [1.54, 1.807) is 0 Å². The first-order valence-electron chi connectivity index (χ1n) is 3.78. The van der Waals surface area contributed by atoms with Crippen LogP contribution in [0.2, 0.25) is 5.02 Å². The van der Waals surface area contributed by atoms with E-state index in [-0.39, 0.29) is 5.69 Å². The molecule has 0 saturated carbocycles. The van der Waals surface area contributed by atoms with Crippen molar-refractivity contribution in [1.82, 2.24) is 4.72 Å². The second-order valence-electron chi connectivity index (χ2n) is 2.76. The van der Waals surface area contributed by atoms with Gasteiger partial charge < -0.3 is 5.73 Å². The second-order valence-corrected chi connectivity index (χ2v) is 4.79. The summed E-state index contributed by atoms with van der Waals surface area (Å²) in [5.41, 5.74) is 5.16. The van der Waals surface area contributed by atoms with Crippen LogP contribution in [-0.2, 0) is 10.0 Å². The molecule has 16 heavy (non-hydrogen) atoms. The van der Waals surface area contributed by atoms with Crippen LogP contribution in [0.4, 0.5) is 18.9 Å². The summed E-state index contributed by atoms with van der Waals surface area (Å²) >= 11 is 5.50. The average molecular weight is 275 g/mol. The number of anilines is 1. The largest absolute Gasteiger partial charge is 0.470 e. The lowest BCUT2D eigenvalue weighted by molar-refractivity contribution is -0.138. The minimum absolute atomic E-state index is 0.119. The predicted molar refractivity (Wildman–Crippen MR) is 52.2 cm³/mol. The number of nitrogen functional groups attached to an aromatic ring is 1. The van der Waals surface area contributed by atoms with Crippen LogP contribution >= 0.6 is 11.6 Å². The highest BCUT2D eigenvalue weighted by molar-refractivity contribution is 7.89. The van der Waals surface area contributed by atoms with Crippen molar-refractivity contribution in [3.05, 3.63) is 23.2 Å². The first-order valence-corrected chi connectivity index (χ1v) is 5.64. The summed E-state index contributed by atoms with van der Waals surface area (Å²) in [5, 5.41) is -0.445. The molecule has 0 amide bonds. The van der Waals surface area contributed by atoms with E-state index < -0.39 is 26.2 Å². The Morgan fingerprint density at radius 1 is 1.31 bits per heavy atom. The van der Waals surface area contributed by atoms with Crippen molar-refractivity contribution >= 4 is 27.3 Å². The number of alkyl halides is 3. The Hall–Kier alpha value is -0.990. The van der Waals surface area contributed by atoms with Gasteiger partial charge in [0, 0.05) is 0 Å². The Kier molecular flexibility index (Phi) is 3.36. The minimum Gasteiger partial charge on any atom is -0.397 e. The van der Waals surface area contributed by atoms with Crippen molar-refractivity contribution in [1.29, 1.82) is 0 Å². The van der Waals surface area contributed by atoms with E-state index in [0.29, 0.717) is 4.72 Å². The van der Waals surface area contributed by atoms with E-state index in [1.807, 2.05) is 0 Å². The molecule has 0 aliphatic rings. The summed E-state index contributed by atoms with van der Waals surface area (Å²) in [7, 11) is -4.76. The van der Waals surface area contributed by atoms with Gasteiger partial charge in [0.15, 0.2) is 0 Å². The Morgan fingerprint density at radius 3 is 2.38 bits per heavy atom. The van der Waals surface area contributed by atoms with Crippen LogP contribution in [0.3, 0.4) is 0 Å². The Balaban J connectivity index is 3.24. The molecule has 0 aliphatic heterocycles. The lowest BCUT2D eigenvalue weighted by atomic mass is 10.3. The van der Waals surface area contributed by atoms with Gasteiger partial charge in [-0.25, -0.2) is 8.42 Å². The quantitative estimate of drug-likeness (QED) is 0.637. The number of rotatable bonds is 2. The molecular weight excluding hydrogens is 269 g/mol. The molecule has 0 bridgehead atoms. The molecular formula is C7H6ClF3N2O2S. The number of benzene rings is 1. The van der Waals surface area contributed by atoms with Crippen LogP contribution in [0.25, 0.3) is 0 Å². The van der Waals surface area contributed by atoms with Gasteiger partial charge in [0.05, 0.1) is 10.7 Å². The second kappa shape index (κ2) is 4.11. The van der Waals surface area contributed by atoms with Crippen molar-refractivity contribution < 1.29 is 21.6 Å². The molecule has 0 aliphatic carbocycles. The smallest absolute Gasteiger partial charge is 0.397 e. The molecule has 1 aromatic rings. The summed E-state index contributed by atoms with van der Waals surface area (Å²) in [4.78, 5) is -0.716. The third kappa shape index (κ3) is 3.00. The minimum atomic E-state index is -5.06. The predicted octanol–water partition coefficient (Wildman–Crippen LogP) is 1.72. The molecule has 90 valence electrons. The van der Waals surface area contributed by atoms with Crippen LogP contribution in [-0.4, -0.2) is 14.7 Å². The number of hydrogen-bond acceptors (Lipinski definition) is 3. The first-order chi connectivity index (χ1) is 7.13. The molecule has 0 saturated heterocycles. The van der Waals surface area contributed by atoms with E-state index in [2.05, 4.69) is 0 Å². The molecule has 4 nitrogen and oxygen atoms in total. The number of nitrogens with two attached hydrogens (primary N) is 1. The highest BCUT2D eigenvalue weighted by Gasteiger charge is 2.35. The van der Waals surface area contributed by atoms with Crippen LogP contribution < -0.4 is 10.5 Å². The maximum Gasteiger partial charge on any atom is 0.470 e. The summed E-state index contributed by atoms with van der Waals surface area (Å²) in [6.07, 6.45) is -5.06. The molecule has 0 spiro atoms. The van der Waals surface area contributed by atoms with Crippen molar-refractivity contribution in [3.8, 4) is 0 Å². The zero-order valence-corrected chi connectivity index (χ0v) is 9.12. The summed E-state index contributed by atoms with van der Waals surface area (Å²) < 4.78 is 58.7. The van der Waals surface area contributed by atoms with E-state index >= 15 is 0 Å². The Morgan fingerprint density at radius 2 is 1.88 bits per heavy atom. The summed E-state index contributed by atoms with van der Waals surface area (Å²) in [6.45, 7) is 0. The number of halogens is 4. The molecule has 1 aromatic carbocycles. The van der Waals surface area contributed by atoms with Crippen LogP contribution in [0.1, 0.15) is 0 Å². The van der Waals surface area contributed by atoms with E-state index in [0.717, 1.165) is 6.07 Å². The lowest BCUT2D eigenvalue weighted by Gasteiger charge is -2.11. The fraction of sp³-hybridized carbons (Fsp3) is 0.143. The molecule has 0 unspecified atom stereocenters. The molecule has 0 aromatic heterocycles. The SMILES string of the molecule is Nc1cccc(S(=O)(=O)NC(F)(F)F)c1Cl. The van der Waals surface area contributed by atoms with Gasteiger partial charge in [0.2, 0.25) is 10.0 Å². The fourth-order valence-electron chi connectivity index (χ4n) is 0.943. The van der Waals surface area contributed by atoms with Gasteiger partial charge in [0.25, 0.3) is 0 Å². The van der Waals surface area contributed by atoms with E-state index in [1.165, 1.54) is 12.1 Å². The zero-order valence-electron chi connectivity index (χ0n) is 7.55. The molecule has 0 fully saturated rings. The molecule has 3 N–H and O–H groups in total. The van der Waals surface area contributed by atoms with Crippen LogP contribution in [0.5, 0.6) is 0 Å². The standard InChI is InChI=1S/C7H6ClF3N2O2S/c8-6-4(12)2-1-3-5(6)16(14,15)13-7(9,10)11/h1-3,13H,12H2. The molecule has 1 rings (SSSR count). The zero-order chi connectivity index (χ0) is 12.6. The van der Waals surface area contributed by atoms with Crippen molar-refractivity contribution in [2.45, 2.75) is 11.2 Å². The normalized spacial score (nSPS) is 12.8. The highest BCUT2D eigenvalue weighted by Crippen LogP contribution is 2.28. The van der Waals surface area contributed by atoms with Crippen molar-refractivity contribution in [3.63, 3.8) is 0 Å². The lowest BCUT2D eigenvalue weighted by Crippen LogP contribution is -2.37. The van der Waals surface area contributed by atoms with Gasteiger partial charge in [0.1, 0.15) is 4.90 Å². The van der Waals surface area contributed by atoms with Gasteiger partial charge in [-0.1, -0.05) is 17.7 Å². The Bertz CT molecular complexity index is 501. The van der Waals surface area contributed by atoms with E-state index in [9.17, 15) is 21.6 Å². The average Bonchev–Trinajstić information content (AvgIpc) is 2.05. The summed E-state index contributed by atoms with van der Waals surface area (Å²) in [5.74, 6) is 0. The van der Waals surface area contributed by atoms with Gasteiger partial charge in [-0.2, -0.15) is 13.2 Å². The van der Waals surface area contributed by atoms with Crippen LogP contribution in [0.15, 0.2) is 23.1 Å². The first kappa shape index (κ1) is 13.1. The Labute approximate surface area is 94.2 Å².